The monoisotopic (exact) mass is 263 g/mol. The lowest BCUT2D eigenvalue weighted by molar-refractivity contribution is -0.117. The molecule has 1 aromatic rings. The zero-order chi connectivity index (χ0) is 13.7. The normalized spacial score (nSPS) is 20.6. The zero-order valence-electron chi connectivity index (χ0n) is 12.1. The van der Waals surface area contributed by atoms with E-state index in [1.165, 1.54) is 24.9 Å². The Labute approximate surface area is 115 Å². The molecule has 0 aromatic carbocycles. The van der Waals surface area contributed by atoms with Crippen molar-refractivity contribution < 1.29 is 4.79 Å². The molecule has 1 fully saturated rings. The predicted octanol–water partition coefficient (Wildman–Crippen LogP) is 2.27. The molecule has 1 aromatic heterocycles. The highest BCUT2D eigenvalue weighted by Crippen LogP contribution is 2.18. The van der Waals surface area contributed by atoms with Crippen LogP contribution in [-0.2, 0) is 11.3 Å². The lowest BCUT2D eigenvalue weighted by Crippen LogP contribution is -2.37. The fraction of sp³-hybridized carbons (Fsp3) is 0.733. The highest BCUT2D eigenvalue weighted by atomic mass is 16.1. The molecule has 4 heteroatoms. The van der Waals surface area contributed by atoms with Crippen molar-refractivity contribution in [2.45, 2.75) is 46.1 Å². The molecule has 2 rings (SSSR count). The summed E-state index contributed by atoms with van der Waals surface area (Å²) in [5.41, 5.74) is 1.23. The highest BCUT2D eigenvalue weighted by Gasteiger charge is 2.20. The van der Waals surface area contributed by atoms with Crippen molar-refractivity contribution in [1.82, 2.24) is 14.7 Å². The molecule has 0 spiro atoms. The number of aryl methyl sites for hydroxylation is 1. The molecule has 0 amide bonds. The summed E-state index contributed by atoms with van der Waals surface area (Å²) in [6.45, 7) is 8.19. The quantitative estimate of drug-likeness (QED) is 0.790. The molecule has 1 saturated heterocycles. The van der Waals surface area contributed by atoms with Crippen LogP contribution >= 0.6 is 0 Å². The number of Topliss-reactive ketones (excluding diaryl/α,β-unsaturated/α-hetero) is 1. The van der Waals surface area contributed by atoms with Gasteiger partial charge in [-0.1, -0.05) is 0 Å². The molecule has 1 aliphatic rings. The number of ketones is 1. The number of hydrogen-bond donors (Lipinski definition) is 0. The number of likely N-dealkylation sites (tertiary alicyclic amines) is 1. The van der Waals surface area contributed by atoms with E-state index in [1.807, 2.05) is 6.20 Å². The van der Waals surface area contributed by atoms with Crippen LogP contribution in [0.25, 0.3) is 0 Å². The van der Waals surface area contributed by atoms with E-state index < -0.39 is 0 Å². The van der Waals surface area contributed by atoms with Gasteiger partial charge in [-0.15, -0.1) is 0 Å². The summed E-state index contributed by atoms with van der Waals surface area (Å²) < 4.78 is 2.07. The summed E-state index contributed by atoms with van der Waals surface area (Å²) in [6, 6.07) is 0. The van der Waals surface area contributed by atoms with E-state index in [0.717, 1.165) is 32.5 Å². The van der Waals surface area contributed by atoms with Crippen LogP contribution in [0.5, 0.6) is 0 Å². The van der Waals surface area contributed by atoms with E-state index in [9.17, 15) is 4.79 Å². The maximum absolute atomic E-state index is 11.0. The maximum Gasteiger partial charge on any atom is 0.129 e. The van der Waals surface area contributed by atoms with Crippen molar-refractivity contribution >= 4 is 5.78 Å². The van der Waals surface area contributed by atoms with Gasteiger partial charge in [0.1, 0.15) is 5.78 Å². The predicted molar refractivity (Wildman–Crippen MR) is 76.0 cm³/mol. The number of piperidine rings is 1. The number of aromatic nitrogens is 2. The molecule has 0 bridgehead atoms. The van der Waals surface area contributed by atoms with Crippen LogP contribution in [0.3, 0.4) is 0 Å². The summed E-state index contributed by atoms with van der Waals surface area (Å²) in [6.07, 6.45) is 8.33. The number of rotatable bonds is 6. The van der Waals surface area contributed by atoms with Crippen molar-refractivity contribution in [3.63, 3.8) is 0 Å². The van der Waals surface area contributed by atoms with Crippen LogP contribution in [0.15, 0.2) is 12.4 Å². The standard InChI is InChI=1S/C15H25N3O/c1-13-9-16-18(10-13)12-15-6-4-8-17(11-15)7-3-5-14(2)19/h9-10,15H,3-8,11-12H2,1-2H3/t15-/m0/s1. The summed E-state index contributed by atoms with van der Waals surface area (Å²) in [5, 5.41) is 4.37. The first-order valence-corrected chi connectivity index (χ1v) is 7.34. The molecule has 0 N–H and O–H groups in total. The lowest BCUT2D eigenvalue weighted by Gasteiger charge is -2.32. The second-order valence-corrected chi connectivity index (χ2v) is 5.85. The van der Waals surface area contributed by atoms with E-state index >= 15 is 0 Å². The Morgan fingerprint density at radius 1 is 1.53 bits per heavy atom. The average Bonchev–Trinajstić information content (AvgIpc) is 2.75. The first kappa shape index (κ1) is 14.3. The van der Waals surface area contributed by atoms with Gasteiger partial charge in [-0.05, 0) is 57.7 Å². The van der Waals surface area contributed by atoms with Crippen LogP contribution < -0.4 is 0 Å². The van der Waals surface area contributed by atoms with E-state index in [0.29, 0.717) is 11.7 Å². The van der Waals surface area contributed by atoms with E-state index in [4.69, 9.17) is 0 Å². The number of carbonyl (C=O) groups excluding carboxylic acids is 1. The van der Waals surface area contributed by atoms with Gasteiger partial charge < -0.3 is 9.69 Å². The van der Waals surface area contributed by atoms with Gasteiger partial charge >= 0.3 is 0 Å². The molecule has 0 unspecified atom stereocenters. The molecular weight excluding hydrogens is 238 g/mol. The van der Waals surface area contributed by atoms with Crippen LogP contribution in [0.4, 0.5) is 0 Å². The minimum atomic E-state index is 0.306. The summed E-state index contributed by atoms with van der Waals surface area (Å²) in [5.74, 6) is 1.01. The SMILES string of the molecule is CC(=O)CCCN1CCC[C@H](Cn2cc(C)cn2)C1. The largest absolute Gasteiger partial charge is 0.303 e. The van der Waals surface area contributed by atoms with Crippen molar-refractivity contribution in [2.24, 2.45) is 5.92 Å². The average molecular weight is 263 g/mol. The smallest absolute Gasteiger partial charge is 0.129 e. The Morgan fingerprint density at radius 3 is 3.05 bits per heavy atom. The van der Waals surface area contributed by atoms with Crippen LogP contribution in [-0.4, -0.2) is 40.1 Å². The fourth-order valence-corrected chi connectivity index (χ4v) is 2.89. The Morgan fingerprint density at radius 2 is 2.37 bits per heavy atom. The topological polar surface area (TPSA) is 38.1 Å². The van der Waals surface area contributed by atoms with E-state index in [-0.39, 0.29) is 0 Å². The lowest BCUT2D eigenvalue weighted by atomic mass is 9.98. The molecular formula is C15H25N3O. The maximum atomic E-state index is 11.0. The molecule has 4 nitrogen and oxygen atoms in total. The molecule has 19 heavy (non-hydrogen) atoms. The van der Waals surface area contributed by atoms with E-state index in [2.05, 4.69) is 27.8 Å². The third-order valence-corrected chi connectivity index (χ3v) is 3.81. The molecule has 1 atom stereocenters. The summed E-state index contributed by atoms with van der Waals surface area (Å²) >= 11 is 0. The van der Waals surface area contributed by atoms with Gasteiger partial charge in [-0.2, -0.15) is 5.10 Å². The van der Waals surface area contributed by atoms with Gasteiger partial charge in [0.25, 0.3) is 0 Å². The molecule has 106 valence electrons. The molecule has 0 radical (unpaired) electrons. The second kappa shape index (κ2) is 6.85. The van der Waals surface area contributed by atoms with Crippen molar-refractivity contribution in [2.75, 3.05) is 19.6 Å². The number of nitrogens with zero attached hydrogens (tertiary/aromatic N) is 3. The third kappa shape index (κ3) is 4.78. The number of carbonyl (C=O) groups is 1. The second-order valence-electron chi connectivity index (χ2n) is 5.85. The minimum Gasteiger partial charge on any atom is -0.303 e. The van der Waals surface area contributed by atoms with Crippen molar-refractivity contribution in [3.05, 3.63) is 18.0 Å². The fourth-order valence-electron chi connectivity index (χ4n) is 2.89. The van der Waals surface area contributed by atoms with Gasteiger partial charge in [0.2, 0.25) is 0 Å². The Bertz CT molecular complexity index is 413. The summed E-state index contributed by atoms with van der Waals surface area (Å²) in [7, 11) is 0. The van der Waals surface area contributed by atoms with Gasteiger partial charge in [-0.25, -0.2) is 0 Å². The minimum absolute atomic E-state index is 0.306. The first-order chi connectivity index (χ1) is 9.13. The highest BCUT2D eigenvalue weighted by molar-refractivity contribution is 5.75. The van der Waals surface area contributed by atoms with Crippen molar-refractivity contribution in [1.29, 1.82) is 0 Å². The molecule has 0 saturated carbocycles. The molecule has 1 aliphatic heterocycles. The van der Waals surface area contributed by atoms with Gasteiger partial charge in [0.05, 0.1) is 6.20 Å². The first-order valence-electron chi connectivity index (χ1n) is 7.34. The summed E-state index contributed by atoms with van der Waals surface area (Å²) in [4.78, 5) is 13.5. The third-order valence-electron chi connectivity index (χ3n) is 3.81. The molecule has 2 heterocycles. The van der Waals surface area contributed by atoms with E-state index in [1.54, 1.807) is 6.92 Å². The van der Waals surface area contributed by atoms with Crippen LogP contribution in [0.1, 0.15) is 38.2 Å². The van der Waals surface area contributed by atoms with Crippen molar-refractivity contribution in [3.8, 4) is 0 Å². The Kier molecular flexibility index (Phi) is 5.14. The Hall–Kier alpha value is -1.16. The van der Waals surface area contributed by atoms with Crippen LogP contribution in [0, 0.1) is 12.8 Å². The zero-order valence-corrected chi connectivity index (χ0v) is 12.1. The van der Waals surface area contributed by atoms with Gasteiger partial charge in [0.15, 0.2) is 0 Å². The Balaban J connectivity index is 1.75. The van der Waals surface area contributed by atoms with Crippen LogP contribution in [0.2, 0.25) is 0 Å². The van der Waals surface area contributed by atoms with Gasteiger partial charge in [0, 0.05) is 25.7 Å². The number of hydrogen-bond acceptors (Lipinski definition) is 3. The molecule has 0 aliphatic carbocycles. The van der Waals surface area contributed by atoms with Gasteiger partial charge in [-0.3, -0.25) is 4.68 Å².